The van der Waals surface area contributed by atoms with Gasteiger partial charge in [0.1, 0.15) is 5.75 Å². The van der Waals surface area contributed by atoms with E-state index in [1.165, 1.54) is 11.1 Å². The van der Waals surface area contributed by atoms with Crippen LogP contribution < -0.4 is 9.47 Å². The summed E-state index contributed by atoms with van der Waals surface area (Å²) >= 11 is 9.77. The second-order valence-corrected chi connectivity index (χ2v) is 6.66. The van der Waals surface area contributed by atoms with Crippen molar-refractivity contribution >= 4 is 27.5 Å². The molecule has 0 aliphatic carbocycles. The molecule has 4 heteroatoms. The third-order valence-electron chi connectivity index (χ3n) is 3.41. The van der Waals surface area contributed by atoms with Crippen molar-refractivity contribution in [3.05, 3.63) is 44.4 Å². The summed E-state index contributed by atoms with van der Waals surface area (Å²) in [6.45, 7) is 6.41. The number of hydrogen-bond acceptors (Lipinski definition) is 2. The Morgan fingerprint density at radius 3 is 2.41 bits per heavy atom. The second-order valence-electron chi connectivity index (χ2n) is 5.46. The summed E-state index contributed by atoms with van der Waals surface area (Å²) in [6, 6.07) is 1.80. The van der Waals surface area contributed by atoms with Crippen LogP contribution in [0.5, 0.6) is 11.5 Å². The van der Waals surface area contributed by atoms with E-state index in [0.29, 0.717) is 10.8 Å². The molecule has 0 saturated carbocycles. The van der Waals surface area contributed by atoms with Gasteiger partial charge in [-0.25, -0.2) is 0 Å². The van der Waals surface area contributed by atoms with Gasteiger partial charge in [-0.3, -0.25) is 0 Å². The monoisotopic (exact) mass is 386 g/mol. The highest BCUT2D eigenvalue weighted by molar-refractivity contribution is 9.10. The van der Waals surface area contributed by atoms with Crippen LogP contribution in [0.15, 0.2) is 33.8 Å². The summed E-state index contributed by atoms with van der Waals surface area (Å²) in [5.74, 6) is 1.42. The molecular weight excluding hydrogens is 364 g/mol. The zero-order valence-electron chi connectivity index (χ0n) is 13.9. The summed E-state index contributed by atoms with van der Waals surface area (Å²) in [5, 5.41) is 0.541. The van der Waals surface area contributed by atoms with Crippen molar-refractivity contribution in [1.82, 2.24) is 0 Å². The molecule has 2 nitrogen and oxygen atoms in total. The van der Waals surface area contributed by atoms with E-state index in [-0.39, 0.29) is 0 Å². The van der Waals surface area contributed by atoms with Gasteiger partial charge in [0, 0.05) is 11.6 Å². The van der Waals surface area contributed by atoms with Crippen LogP contribution in [0, 0.1) is 0 Å². The van der Waals surface area contributed by atoms with Crippen molar-refractivity contribution in [3.8, 4) is 11.5 Å². The highest BCUT2D eigenvalue weighted by Gasteiger charge is 2.16. The van der Waals surface area contributed by atoms with E-state index in [0.717, 1.165) is 35.0 Å². The molecular formula is C18H24BrClO2. The minimum Gasteiger partial charge on any atom is -0.496 e. The summed E-state index contributed by atoms with van der Waals surface area (Å²) in [7, 11) is 3.27. The van der Waals surface area contributed by atoms with Gasteiger partial charge < -0.3 is 9.47 Å². The first-order chi connectivity index (χ1) is 10.4. The normalized spacial score (nSPS) is 11.3. The van der Waals surface area contributed by atoms with Gasteiger partial charge in [0.2, 0.25) is 0 Å². The Bertz CT molecular complexity index is 573. The number of rotatable bonds is 7. The molecule has 1 aromatic rings. The number of ether oxygens (including phenoxy) is 2. The number of hydrogen-bond donors (Lipinski definition) is 0. The van der Waals surface area contributed by atoms with Crippen LogP contribution in [-0.4, -0.2) is 14.2 Å². The molecule has 0 saturated heterocycles. The maximum absolute atomic E-state index is 6.19. The Morgan fingerprint density at radius 1 is 1.18 bits per heavy atom. The Kier molecular flexibility index (Phi) is 8.05. The van der Waals surface area contributed by atoms with Gasteiger partial charge in [0.05, 0.1) is 23.7 Å². The Hall–Kier alpha value is -0.930. The topological polar surface area (TPSA) is 18.5 Å². The molecule has 0 heterocycles. The Labute approximate surface area is 147 Å². The average Bonchev–Trinajstić information content (AvgIpc) is 2.45. The van der Waals surface area contributed by atoms with Crippen molar-refractivity contribution in [2.24, 2.45) is 0 Å². The largest absolute Gasteiger partial charge is 0.496 e. The van der Waals surface area contributed by atoms with Crippen molar-refractivity contribution in [3.63, 3.8) is 0 Å². The first-order valence-corrected chi connectivity index (χ1v) is 8.45. The first kappa shape index (κ1) is 19.1. The van der Waals surface area contributed by atoms with Crippen LogP contribution in [0.4, 0.5) is 0 Å². The van der Waals surface area contributed by atoms with Crippen LogP contribution >= 0.6 is 27.5 Å². The molecule has 1 aromatic carbocycles. The summed E-state index contributed by atoms with van der Waals surface area (Å²) < 4.78 is 11.6. The lowest BCUT2D eigenvalue weighted by Crippen LogP contribution is -1.97. The average molecular weight is 388 g/mol. The van der Waals surface area contributed by atoms with Gasteiger partial charge in [-0.2, -0.15) is 0 Å². The van der Waals surface area contributed by atoms with Gasteiger partial charge in [0.15, 0.2) is 5.75 Å². The smallest absolute Gasteiger partial charge is 0.152 e. The van der Waals surface area contributed by atoms with Crippen LogP contribution in [0.3, 0.4) is 0 Å². The molecule has 0 aliphatic rings. The summed E-state index contributed by atoms with van der Waals surface area (Å²) in [5.41, 5.74) is 3.77. The highest BCUT2D eigenvalue weighted by Crippen LogP contribution is 2.41. The number of halogens is 2. The lowest BCUT2D eigenvalue weighted by Gasteiger charge is -2.14. The minimum absolute atomic E-state index is 0.541. The third kappa shape index (κ3) is 5.36. The molecule has 0 N–H and O–H groups in total. The molecule has 0 aliphatic heterocycles. The first-order valence-electron chi connectivity index (χ1n) is 7.28. The zero-order chi connectivity index (χ0) is 16.7. The van der Waals surface area contributed by atoms with Crippen molar-refractivity contribution in [2.45, 2.75) is 40.0 Å². The molecule has 0 amide bonds. The molecule has 0 fully saturated rings. The van der Waals surface area contributed by atoms with Crippen LogP contribution in [0.1, 0.15) is 39.2 Å². The lowest BCUT2D eigenvalue weighted by atomic mass is 10.1. The maximum atomic E-state index is 6.19. The van der Waals surface area contributed by atoms with Gasteiger partial charge in [-0.15, -0.1) is 0 Å². The van der Waals surface area contributed by atoms with Crippen molar-refractivity contribution < 1.29 is 9.47 Å². The van der Waals surface area contributed by atoms with Gasteiger partial charge in [0.25, 0.3) is 0 Å². The van der Waals surface area contributed by atoms with Gasteiger partial charge in [-0.1, -0.05) is 34.9 Å². The summed E-state index contributed by atoms with van der Waals surface area (Å²) in [4.78, 5) is 0. The van der Waals surface area contributed by atoms with E-state index in [1.54, 1.807) is 20.3 Å². The Morgan fingerprint density at radius 2 is 1.86 bits per heavy atom. The molecule has 0 spiro atoms. The molecule has 0 unspecified atom stereocenters. The van der Waals surface area contributed by atoms with Crippen molar-refractivity contribution in [1.29, 1.82) is 0 Å². The minimum atomic E-state index is 0.541. The fourth-order valence-electron chi connectivity index (χ4n) is 2.14. The quantitative estimate of drug-likeness (QED) is 0.507. The Balaban J connectivity index is 2.95. The molecule has 0 atom stereocenters. The number of allylic oxidation sites excluding steroid dienone is 4. The van der Waals surface area contributed by atoms with Crippen LogP contribution in [0.25, 0.3) is 0 Å². The molecule has 22 heavy (non-hydrogen) atoms. The van der Waals surface area contributed by atoms with E-state index in [2.05, 4.69) is 48.9 Å². The number of benzene rings is 1. The fourth-order valence-corrected chi connectivity index (χ4v) is 3.26. The third-order valence-corrected chi connectivity index (χ3v) is 4.53. The predicted molar refractivity (Wildman–Crippen MR) is 98.4 cm³/mol. The highest BCUT2D eigenvalue weighted by atomic mass is 79.9. The van der Waals surface area contributed by atoms with E-state index >= 15 is 0 Å². The molecule has 0 radical (unpaired) electrons. The molecule has 0 aromatic heterocycles. The molecule has 1 rings (SSSR count). The zero-order valence-corrected chi connectivity index (χ0v) is 16.3. The standard InChI is InChI=1S/C18H24BrClO2/c1-12(2)7-6-8-13(3)9-10-14-16(21-4)11-15(20)18(22-5)17(14)19/h7,9,11H,6,8,10H2,1-5H3/b13-9+. The molecule has 122 valence electrons. The second kappa shape index (κ2) is 9.26. The summed E-state index contributed by atoms with van der Waals surface area (Å²) in [6.07, 6.45) is 7.41. The van der Waals surface area contributed by atoms with E-state index in [4.69, 9.17) is 21.1 Å². The predicted octanol–water partition coefficient (Wildman–Crippen LogP) is 6.35. The van der Waals surface area contributed by atoms with E-state index < -0.39 is 0 Å². The van der Waals surface area contributed by atoms with Gasteiger partial charge >= 0.3 is 0 Å². The van der Waals surface area contributed by atoms with Crippen molar-refractivity contribution in [2.75, 3.05) is 14.2 Å². The SMILES string of the molecule is COc1cc(Cl)c(OC)c(Br)c1C/C=C(\C)CCC=C(C)C. The number of methoxy groups -OCH3 is 2. The van der Waals surface area contributed by atoms with Gasteiger partial charge in [-0.05, 0) is 56.0 Å². The van der Waals surface area contributed by atoms with Crippen LogP contribution in [-0.2, 0) is 6.42 Å². The molecule has 0 bridgehead atoms. The lowest BCUT2D eigenvalue weighted by molar-refractivity contribution is 0.397. The van der Waals surface area contributed by atoms with Crippen LogP contribution in [0.2, 0.25) is 5.02 Å². The van der Waals surface area contributed by atoms with E-state index in [9.17, 15) is 0 Å². The fraction of sp³-hybridized carbons (Fsp3) is 0.444. The maximum Gasteiger partial charge on any atom is 0.152 e. The van der Waals surface area contributed by atoms with E-state index in [1.807, 2.05) is 0 Å².